The summed E-state index contributed by atoms with van der Waals surface area (Å²) in [5.74, 6) is 0.666. The minimum Gasteiger partial charge on any atom is -0.336 e. The summed E-state index contributed by atoms with van der Waals surface area (Å²) in [6, 6.07) is -0.376. The molecule has 0 fully saturated rings. The molecular weight excluding hydrogens is 277 g/mol. The summed E-state index contributed by atoms with van der Waals surface area (Å²) in [5, 5.41) is 2.29. The van der Waals surface area contributed by atoms with Gasteiger partial charge in [-0.05, 0) is 6.54 Å². The van der Waals surface area contributed by atoms with Gasteiger partial charge in [-0.15, -0.1) is 11.3 Å². The fourth-order valence-electron chi connectivity index (χ4n) is 1.73. The maximum absolute atomic E-state index is 12.6. The molecule has 104 valence electrons. The molecule has 0 aliphatic carbocycles. The minimum absolute atomic E-state index is 0.376. The quantitative estimate of drug-likeness (QED) is 0.941. The van der Waals surface area contributed by atoms with Gasteiger partial charge < -0.3 is 9.88 Å². The first-order chi connectivity index (χ1) is 8.93. The topological polar surface area (TPSA) is 42.7 Å². The van der Waals surface area contributed by atoms with Crippen LogP contribution in [0.4, 0.5) is 13.2 Å². The van der Waals surface area contributed by atoms with E-state index in [2.05, 4.69) is 15.3 Å². The maximum Gasteiger partial charge on any atom is 0.443 e. The van der Waals surface area contributed by atoms with Crippen LogP contribution in [0.1, 0.15) is 28.7 Å². The molecule has 4 nitrogen and oxygen atoms in total. The van der Waals surface area contributed by atoms with Crippen LogP contribution in [0.15, 0.2) is 18.6 Å². The van der Waals surface area contributed by atoms with Crippen molar-refractivity contribution in [1.82, 2.24) is 19.9 Å². The van der Waals surface area contributed by atoms with Crippen LogP contribution in [-0.4, -0.2) is 21.1 Å². The molecule has 1 atom stereocenters. The molecule has 0 aliphatic heterocycles. The summed E-state index contributed by atoms with van der Waals surface area (Å²) in [6.07, 6.45) is 0.230. The van der Waals surface area contributed by atoms with E-state index in [0.717, 1.165) is 0 Å². The molecule has 0 bridgehead atoms. The van der Waals surface area contributed by atoms with Crippen molar-refractivity contribution in [1.29, 1.82) is 0 Å². The number of halogens is 3. The van der Waals surface area contributed by atoms with Crippen molar-refractivity contribution >= 4 is 11.3 Å². The van der Waals surface area contributed by atoms with Crippen LogP contribution in [0.3, 0.4) is 0 Å². The normalized spacial score (nSPS) is 13.7. The molecule has 8 heteroatoms. The van der Waals surface area contributed by atoms with E-state index in [1.54, 1.807) is 24.0 Å². The molecule has 0 radical (unpaired) electrons. The molecule has 0 aromatic carbocycles. The van der Waals surface area contributed by atoms with Gasteiger partial charge in [-0.25, -0.2) is 9.97 Å². The summed E-state index contributed by atoms with van der Waals surface area (Å²) in [4.78, 5) is 8.13. The molecule has 1 unspecified atom stereocenters. The van der Waals surface area contributed by atoms with E-state index in [1.165, 1.54) is 6.20 Å². The summed E-state index contributed by atoms with van der Waals surface area (Å²) in [7, 11) is 1.80. The van der Waals surface area contributed by atoms with Gasteiger partial charge in [0, 0.05) is 30.5 Å². The second-order valence-corrected chi connectivity index (χ2v) is 5.01. The zero-order valence-electron chi connectivity index (χ0n) is 10.4. The molecule has 0 saturated carbocycles. The van der Waals surface area contributed by atoms with Crippen molar-refractivity contribution in [3.8, 4) is 0 Å². The average Bonchev–Trinajstić information content (AvgIpc) is 2.94. The zero-order chi connectivity index (χ0) is 14.0. The first-order valence-electron chi connectivity index (χ1n) is 5.67. The van der Waals surface area contributed by atoms with Gasteiger partial charge in [0.25, 0.3) is 0 Å². The summed E-state index contributed by atoms with van der Waals surface area (Å²) in [6.45, 7) is 2.51. The van der Waals surface area contributed by atoms with Crippen molar-refractivity contribution in [2.24, 2.45) is 7.05 Å². The lowest BCUT2D eigenvalue weighted by molar-refractivity contribution is -0.137. The van der Waals surface area contributed by atoms with Gasteiger partial charge >= 0.3 is 6.18 Å². The van der Waals surface area contributed by atoms with Gasteiger partial charge in [-0.1, -0.05) is 6.92 Å². The van der Waals surface area contributed by atoms with E-state index in [-0.39, 0.29) is 6.04 Å². The lowest BCUT2D eigenvalue weighted by atomic mass is 10.2. The number of thiazole rings is 1. The smallest absolute Gasteiger partial charge is 0.336 e. The SMILES string of the molecule is CCNC(c1cnc(C(F)(F)F)s1)c1nccn1C. The highest BCUT2D eigenvalue weighted by Crippen LogP contribution is 2.35. The average molecular weight is 290 g/mol. The molecule has 2 rings (SSSR count). The Morgan fingerprint density at radius 3 is 2.63 bits per heavy atom. The molecule has 0 saturated heterocycles. The predicted octanol–water partition coefficient (Wildman–Crippen LogP) is 2.59. The predicted molar refractivity (Wildman–Crippen MR) is 65.8 cm³/mol. The third-order valence-electron chi connectivity index (χ3n) is 2.58. The highest BCUT2D eigenvalue weighted by molar-refractivity contribution is 7.11. The molecule has 2 aromatic heterocycles. The maximum atomic E-state index is 12.6. The molecule has 0 aliphatic rings. The van der Waals surface area contributed by atoms with Gasteiger partial charge in [0.15, 0.2) is 5.01 Å². The summed E-state index contributed by atoms with van der Waals surface area (Å²) < 4.78 is 39.5. The molecule has 2 heterocycles. The van der Waals surface area contributed by atoms with Gasteiger partial charge in [-0.2, -0.15) is 13.2 Å². The van der Waals surface area contributed by atoms with E-state index >= 15 is 0 Å². The molecular formula is C11H13F3N4S. The summed E-state index contributed by atoms with van der Waals surface area (Å²) >= 11 is 0.643. The van der Waals surface area contributed by atoms with Crippen LogP contribution in [0.25, 0.3) is 0 Å². The van der Waals surface area contributed by atoms with Gasteiger partial charge in [0.1, 0.15) is 11.9 Å². The highest BCUT2D eigenvalue weighted by Gasteiger charge is 2.35. The Bertz CT molecular complexity index is 546. The third kappa shape index (κ3) is 2.95. The zero-order valence-corrected chi connectivity index (χ0v) is 11.2. The Balaban J connectivity index is 2.35. The summed E-state index contributed by atoms with van der Waals surface area (Å²) in [5.41, 5.74) is 0. The second-order valence-electron chi connectivity index (χ2n) is 3.95. The van der Waals surface area contributed by atoms with E-state index in [1.807, 2.05) is 6.92 Å². The Morgan fingerprint density at radius 1 is 1.42 bits per heavy atom. The number of imidazole rings is 1. The van der Waals surface area contributed by atoms with E-state index < -0.39 is 11.2 Å². The van der Waals surface area contributed by atoms with E-state index in [9.17, 15) is 13.2 Å². The third-order valence-corrected chi connectivity index (χ3v) is 3.68. The number of nitrogens with one attached hydrogen (secondary N) is 1. The number of aromatic nitrogens is 3. The van der Waals surface area contributed by atoms with E-state index in [0.29, 0.717) is 28.6 Å². The number of nitrogens with zero attached hydrogens (tertiary/aromatic N) is 3. The van der Waals surface area contributed by atoms with Gasteiger partial charge in [-0.3, -0.25) is 0 Å². The fourth-order valence-corrected chi connectivity index (χ4v) is 2.59. The van der Waals surface area contributed by atoms with Gasteiger partial charge in [0.05, 0.1) is 0 Å². The molecule has 2 aromatic rings. The highest BCUT2D eigenvalue weighted by atomic mass is 32.1. The number of aryl methyl sites for hydroxylation is 1. The minimum atomic E-state index is -4.40. The van der Waals surface area contributed by atoms with Crippen molar-refractivity contribution in [3.05, 3.63) is 34.3 Å². The number of rotatable bonds is 4. The first kappa shape index (κ1) is 14.0. The first-order valence-corrected chi connectivity index (χ1v) is 6.48. The molecule has 0 amide bonds. The van der Waals surface area contributed by atoms with Crippen LogP contribution in [-0.2, 0) is 13.2 Å². The lowest BCUT2D eigenvalue weighted by Gasteiger charge is -2.15. The standard InChI is InChI=1S/C11H13F3N4S/c1-3-15-8(9-16-4-5-18(9)2)7-6-17-10(19-7)11(12,13)14/h4-6,8,15H,3H2,1-2H3. The fraction of sp³-hybridized carbons (Fsp3) is 0.455. The van der Waals surface area contributed by atoms with Crippen LogP contribution >= 0.6 is 11.3 Å². The van der Waals surface area contributed by atoms with Crippen molar-refractivity contribution in [3.63, 3.8) is 0 Å². The van der Waals surface area contributed by atoms with Crippen molar-refractivity contribution < 1.29 is 13.2 Å². The van der Waals surface area contributed by atoms with Crippen LogP contribution in [0.2, 0.25) is 0 Å². The molecule has 1 N–H and O–H groups in total. The number of hydrogen-bond acceptors (Lipinski definition) is 4. The lowest BCUT2D eigenvalue weighted by Crippen LogP contribution is -2.24. The monoisotopic (exact) mass is 290 g/mol. The number of alkyl halides is 3. The largest absolute Gasteiger partial charge is 0.443 e. The van der Waals surface area contributed by atoms with Crippen molar-refractivity contribution in [2.75, 3.05) is 6.54 Å². The second kappa shape index (κ2) is 5.30. The van der Waals surface area contributed by atoms with Gasteiger partial charge in [0.2, 0.25) is 0 Å². The van der Waals surface area contributed by atoms with E-state index in [4.69, 9.17) is 0 Å². The Labute approximate surface area is 112 Å². The Morgan fingerprint density at radius 2 is 2.16 bits per heavy atom. The molecule has 19 heavy (non-hydrogen) atoms. The Kier molecular flexibility index (Phi) is 3.91. The number of hydrogen-bond donors (Lipinski definition) is 1. The Hall–Kier alpha value is -1.41. The van der Waals surface area contributed by atoms with Crippen LogP contribution in [0.5, 0.6) is 0 Å². The molecule has 0 spiro atoms. The van der Waals surface area contributed by atoms with Crippen molar-refractivity contribution in [2.45, 2.75) is 19.1 Å². The van der Waals surface area contributed by atoms with Crippen LogP contribution < -0.4 is 5.32 Å². The van der Waals surface area contributed by atoms with Crippen LogP contribution in [0, 0.1) is 0 Å².